The Labute approximate surface area is 157 Å². The summed E-state index contributed by atoms with van der Waals surface area (Å²) in [4.78, 5) is 15.3. The lowest BCUT2D eigenvalue weighted by atomic mass is 10.0. The molecule has 0 bridgehead atoms. The van der Waals surface area contributed by atoms with E-state index in [-0.39, 0.29) is 5.91 Å². The van der Waals surface area contributed by atoms with Crippen molar-refractivity contribution < 1.29 is 9.32 Å². The SMILES string of the molecule is Cc1onc(-c2ccccc2)c1C(=O)N1CCc2[nH]nc(C3CC3)c2CC1. The summed E-state index contributed by atoms with van der Waals surface area (Å²) in [6, 6.07) is 9.74. The zero-order valence-electron chi connectivity index (χ0n) is 15.4. The molecule has 3 heterocycles. The van der Waals surface area contributed by atoms with Crippen molar-refractivity contribution in [2.75, 3.05) is 13.1 Å². The van der Waals surface area contributed by atoms with Gasteiger partial charge in [-0.05, 0) is 31.7 Å². The van der Waals surface area contributed by atoms with Gasteiger partial charge >= 0.3 is 0 Å². The number of carbonyl (C=O) groups is 1. The molecular formula is C21H22N4O2. The minimum atomic E-state index is -0.00122. The second-order valence-electron chi connectivity index (χ2n) is 7.46. The van der Waals surface area contributed by atoms with Gasteiger partial charge in [0, 0.05) is 36.7 Å². The number of aromatic amines is 1. The lowest BCUT2D eigenvalue weighted by molar-refractivity contribution is 0.0761. The van der Waals surface area contributed by atoms with Crippen LogP contribution in [0, 0.1) is 6.92 Å². The highest BCUT2D eigenvalue weighted by molar-refractivity contribution is 6.00. The molecule has 1 N–H and O–H groups in total. The fraction of sp³-hybridized carbons (Fsp3) is 0.381. The molecule has 1 fully saturated rings. The molecule has 138 valence electrons. The number of aromatic nitrogens is 3. The van der Waals surface area contributed by atoms with E-state index in [1.807, 2.05) is 42.2 Å². The maximum Gasteiger partial charge on any atom is 0.259 e. The molecule has 0 radical (unpaired) electrons. The molecule has 6 nitrogen and oxygen atoms in total. The molecule has 1 aliphatic carbocycles. The van der Waals surface area contributed by atoms with Crippen LogP contribution >= 0.6 is 0 Å². The first-order valence-electron chi connectivity index (χ1n) is 9.59. The van der Waals surface area contributed by atoms with Crippen LogP contribution in [0.15, 0.2) is 34.9 Å². The van der Waals surface area contributed by atoms with E-state index >= 15 is 0 Å². The van der Waals surface area contributed by atoms with Crippen LogP contribution in [0.2, 0.25) is 0 Å². The first-order valence-corrected chi connectivity index (χ1v) is 9.59. The lowest BCUT2D eigenvalue weighted by Crippen LogP contribution is -2.34. The third-order valence-corrected chi connectivity index (χ3v) is 5.62. The predicted molar refractivity (Wildman–Crippen MR) is 101 cm³/mol. The average molecular weight is 362 g/mol. The van der Waals surface area contributed by atoms with Gasteiger partial charge < -0.3 is 9.42 Å². The average Bonchev–Trinajstić information content (AvgIpc) is 3.41. The fourth-order valence-corrected chi connectivity index (χ4v) is 3.98. The molecule has 2 aliphatic rings. The zero-order chi connectivity index (χ0) is 18.4. The summed E-state index contributed by atoms with van der Waals surface area (Å²) in [5.74, 6) is 1.19. The summed E-state index contributed by atoms with van der Waals surface area (Å²) in [6.45, 7) is 3.18. The summed E-state index contributed by atoms with van der Waals surface area (Å²) in [7, 11) is 0. The van der Waals surface area contributed by atoms with Gasteiger partial charge in [0.1, 0.15) is 17.0 Å². The van der Waals surface area contributed by atoms with E-state index in [4.69, 9.17) is 4.52 Å². The molecule has 6 heteroatoms. The standard InChI is InChI=1S/C21H22N4O2/c1-13-18(20(24-27-13)14-5-3-2-4-6-14)21(26)25-11-9-16-17(10-12-25)22-23-19(16)15-7-8-15/h2-6,15H,7-12H2,1H3,(H,22,23). The number of rotatable bonds is 3. The van der Waals surface area contributed by atoms with Gasteiger partial charge in [-0.15, -0.1) is 0 Å². The third-order valence-electron chi connectivity index (χ3n) is 5.62. The second kappa shape index (κ2) is 6.37. The minimum Gasteiger partial charge on any atom is -0.360 e. The number of amides is 1. The Kier molecular flexibility index (Phi) is 3.85. The van der Waals surface area contributed by atoms with Gasteiger partial charge in [0.05, 0.1) is 5.69 Å². The van der Waals surface area contributed by atoms with Crippen molar-refractivity contribution in [3.63, 3.8) is 0 Å². The molecule has 2 aromatic heterocycles. The van der Waals surface area contributed by atoms with Gasteiger partial charge in [0.25, 0.3) is 5.91 Å². The molecule has 1 aliphatic heterocycles. The molecule has 0 spiro atoms. The molecule has 5 rings (SSSR count). The number of fused-ring (bicyclic) bond motifs is 1. The zero-order valence-corrected chi connectivity index (χ0v) is 15.4. The minimum absolute atomic E-state index is 0.00122. The number of carbonyl (C=O) groups excluding carboxylic acids is 1. The molecular weight excluding hydrogens is 340 g/mol. The van der Waals surface area contributed by atoms with E-state index in [0.717, 1.165) is 18.4 Å². The van der Waals surface area contributed by atoms with Crippen LogP contribution < -0.4 is 0 Å². The Balaban J connectivity index is 1.42. The Hall–Kier alpha value is -2.89. The van der Waals surface area contributed by atoms with E-state index < -0.39 is 0 Å². The summed E-state index contributed by atoms with van der Waals surface area (Å²) in [5, 5.41) is 11.9. The lowest BCUT2D eigenvalue weighted by Gasteiger charge is -2.20. The van der Waals surface area contributed by atoms with Crippen molar-refractivity contribution in [1.29, 1.82) is 0 Å². The summed E-state index contributed by atoms with van der Waals surface area (Å²) in [5.41, 5.74) is 5.85. The van der Waals surface area contributed by atoms with E-state index in [9.17, 15) is 4.79 Å². The largest absolute Gasteiger partial charge is 0.360 e. The van der Waals surface area contributed by atoms with Crippen LogP contribution in [-0.4, -0.2) is 39.3 Å². The summed E-state index contributed by atoms with van der Waals surface area (Å²) < 4.78 is 5.39. The van der Waals surface area contributed by atoms with Crippen molar-refractivity contribution in [1.82, 2.24) is 20.3 Å². The second-order valence-corrected chi connectivity index (χ2v) is 7.46. The molecule has 1 aromatic carbocycles. The quantitative estimate of drug-likeness (QED) is 0.774. The van der Waals surface area contributed by atoms with Crippen LogP contribution in [0.4, 0.5) is 0 Å². The van der Waals surface area contributed by atoms with Crippen LogP contribution in [-0.2, 0) is 12.8 Å². The van der Waals surface area contributed by atoms with Crippen molar-refractivity contribution in [2.24, 2.45) is 0 Å². The first kappa shape index (κ1) is 16.3. The number of benzene rings is 1. The van der Waals surface area contributed by atoms with E-state index in [1.54, 1.807) is 0 Å². The Morgan fingerprint density at radius 1 is 1.19 bits per heavy atom. The van der Waals surface area contributed by atoms with Crippen molar-refractivity contribution in [2.45, 2.75) is 38.5 Å². The van der Waals surface area contributed by atoms with Crippen LogP contribution in [0.3, 0.4) is 0 Å². The van der Waals surface area contributed by atoms with E-state index in [0.29, 0.717) is 36.0 Å². The van der Waals surface area contributed by atoms with Gasteiger partial charge in [-0.25, -0.2) is 0 Å². The van der Waals surface area contributed by atoms with Crippen LogP contribution in [0.1, 0.15) is 51.8 Å². The van der Waals surface area contributed by atoms with Crippen molar-refractivity contribution in [3.8, 4) is 11.3 Å². The monoisotopic (exact) mass is 362 g/mol. The van der Waals surface area contributed by atoms with Gasteiger partial charge in [-0.3, -0.25) is 9.89 Å². The highest BCUT2D eigenvalue weighted by Gasteiger charge is 2.33. The molecule has 1 saturated carbocycles. The van der Waals surface area contributed by atoms with E-state index in [2.05, 4.69) is 15.4 Å². The molecule has 0 atom stereocenters. The molecule has 27 heavy (non-hydrogen) atoms. The maximum atomic E-state index is 13.3. The molecule has 3 aromatic rings. The Bertz CT molecular complexity index is 985. The normalized spacial score (nSPS) is 16.9. The topological polar surface area (TPSA) is 75.0 Å². The smallest absolute Gasteiger partial charge is 0.259 e. The van der Waals surface area contributed by atoms with Crippen LogP contribution in [0.5, 0.6) is 0 Å². The van der Waals surface area contributed by atoms with E-state index in [1.165, 1.54) is 29.8 Å². The fourth-order valence-electron chi connectivity index (χ4n) is 3.98. The van der Waals surface area contributed by atoms with Gasteiger partial charge in [-0.2, -0.15) is 5.10 Å². The summed E-state index contributed by atoms with van der Waals surface area (Å²) >= 11 is 0. The first-order chi connectivity index (χ1) is 13.2. The Morgan fingerprint density at radius 3 is 2.74 bits per heavy atom. The van der Waals surface area contributed by atoms with Gasteiger partial charge in [-0.1, -0.05) is 35.5 Å². The maximum absolute atomic E-state index is 13.3. The Morgan fingerprint density at radius 2 is 1.96 bits per heavy atom. The molecule has 1 amide bonds. The predicted octanol–water partition coefficient (Wildman–Crippen LogP) is 3.49. The number of nitrogens with zero attached hydrogens (tertiary/aromatic N) is 3. The number of aryl methyl sites for hydroxylation is 1. The van der Waals surface area contributed by atoms with Crippen molar-refractivity contribution >= 4 is 5.91 Å². The number of nitrogens with one attached hydrogen (secondary N) is 1. The van der Waals surface area contributed by atoms with Crippen molar-refractivity contribution in [3.05, 3.63) is 58.6 Å². The molecule has 0 saturated heterocycles. The third kappa shape index (κ3) is 2.85. The number of H-pyrrole nitrogens is 1. The van der Waals surface area contributed by atoms with Crippen LogP contribution in [0.25, 0.3) is 11.3 Å². The van der Waals surface area contributed by atoms with Gasteiger partial charge in [0.15, 0.2) is 0 Å². The highest BCUT2D eigenvalue weighted by Crippen LogP contribution is 2.41. The number of hydrogen-bond donors (Lipinski definition) is 1. The molecule has 0 unspecified atom stereocenters. The van der Waals surface area contributed by atoms with Gasteiger partial charge in [0.2, 0.25) is 0 Å². The highest BCUT2D eigenvalue weighted by atomic mass is 16.5. The number of hydrogen-bond acceptors (Lipinski definition) is 4. The summed E-state index contributed by atoms with van der Waals surface area (Å²) in [6.07, 6.45) is 4.14.